The van der Waals surface area contributed by atoms with E-state index in [1.54, 1.807) is 37.4 Å². The lowest BCUT2D eigenvalue weighted by Gasteiger charge is -2.29. The zero-order valence-corrected chi connectivity index (χ0v) is 17.3. The number of nitrogens with one attached hydrogen (secondary N) is 1. The molecule has 31 heavy (non-hydrogen) atoms. The van der Waals surface area contributed by atoms with E-state index in [0.29, 0.717) is 17.2 Å². The molecule has 0 aromatic heterocycles. The molecule has 3 rings (SSSR count). The van der Waals surface area contributed by atoms with Gasteiger partial charge in [0.1, 0.15) is 23.1 Å². The lowest BCUT2D eigenvalue weighted by Crippen LogP contribution is -2.34. The maximum atomic E-state index is 12.8. The molecule has 162 valence electrons. The Kier molecular flexibility index (Phi) is 6.54. The van der Waals surface area contributed by atoms with Crippen LogP contribution in [0.2, 0.25) is 0 Å². The average molecular weight is 426 g/mol. The van der Waals surface area contributed by atoms with Gasteiger partial charge in [0.25, 0.3) is 5.69 Å². The van der Waals surface area contributed by atoms with Crippen molar-refractivity contribution in [1.82, 2.24) is 0 Å². The summed E-state index contributed by atoms with van der Waals surface area (Å²) in [6, 6.07) is 11.4. The highest BCUT2D eigenvalue weighted by Crippen LogP contribution is 2.39. The summed E-state index contributed by atoms with van der Waals surface area (Å²) in [7, 11) is 4.20. The number of nitrogens with zero attached hydrogens (tertiary/aromatic N) is 1. The van der Waals surface area contributed by atoms with E-state index in [9.17, 15) is 19.7 Å². The van der Waals surface area contributed by atoms with Crippen molar-refractivity contribution >= 4 is 23.1 Å². The average Bonchev–Trinajstić information content (AvgIpc) is 2.78. The van der Waals surface area contributed by atoms with Crippen molar-refractivity contribution in [3.05, 3.63) is 69.9 Å². The number of rotatable bonds is 7. The van der Waals surface area contributed by atoms with Gasteiger partial charge in [-0.2, -0.15) is 0 Å². The van der Waals surface area contributed by atoms with Crippen molar-refractivity contribution in [2.45, 2.75) is 12.3 Å². The van der Waals surface area contributed by atoms with Crippen LogP contribution >= 0.6 is 0 Å². The van der Waals surface area contributed by atoms with Gasteiger partial charge in [-0.05, 0) is 36.2 Å². The van der Waals surface area contributed by atoms with E-state index in [-0.39, 0.29) is 17.8 Å². The topological polar surface area (TPSA) is 117 Å². The summed E-state index contributed by atoms with van der Waals surface area (Å²) in [5, 5.41) is 14.5. The zero-order chi connectivity index (χ0) is 22.5. The number of nitro benzene ring substituents is 1. The first-order valence-corrected chi connectivity index (χ1v) is 9.43. The number of ketones is 1. The van der Waals surface area contributed by atoms with E-state index in [1.807, 2.05) is 0 Å². The van der Waals surface area contributed by atoms with Crippen molar-refractivity contribution in [1.29, 1.82) is 0 Å². The van der Waals surface area contributed by atoms with Crippen LogP contribution in [0.3, 0.4) is 0 Å². The summed E-state index contributed by atoms with van der Waals surface area (Å²) >= 11 is 0. The molecule has 9 nitrogen and oxygen atoms in total. The molecule has 0 saturated heterocycles. The number of carbonyl (C=O) groups excluding carboxylic acids is 2. The minimum absolute atomic E-state index is 0.191. The molecule has 2 aromatic rings. The molecule has 0 unspecified atom stereocenters. The molecule has 2 aromatic carbocycles. The number of carbonyl (C=O) groups is 2. The van der Waals surface area contributed by atoms with Gasteiger partial charge in [-0.1, -0.05) is 12.1 Å². The Hall–Kier alpha value is -3.88. The molecule has 0 amide bonds. The van der Waals surface area contributed by atoms with E-state index in [2.05, 4.69) is 5.32 Å². The molecule has 9 heteroatoms. The van der Waals surface area contributed by atoms with Crippen LogP contribution in [-0.2, 0) is 14.3 Å². The minimum atomic E-state index is -1.00. The number of methoxy groups -OCH3 is 3. The van der Waals surface area contributed by atoms with Crippen LogP contribution in [0.4, 0.5) is 11.4 Å². The van der Waals surface area contributed by atoms with Crippen molar-refractivity contribution < 1.29 is 28.7 Å². The minimum Gasteiger partial charge on any atom is -0.497 e. The molecule has 1 N–H and O–H groups in total. The van der Waals surface area contributed by atoms with Gasteiger partial charge >= 0.3 is 5.97 Å². The molecule has 0 saturated carbocycles. The highest BCUT2D eigenvalue weighted by atomic mass is 16.6. The Morgan fingerprint density at radius 2 is 1.71 bits per heavy atom. The number of allylic oxidation sites excluding steroid dienone is 2. The third kappa shape index (κ3) is 4.66. The third-order valence-electron chi connectivity index (χ3n) is 5.16. The molecule has 1 aliphatic rings. The predicted molar refractivity (Wildman–Crippen MR) is 112 cm³/mol. The number of anilines is 1. The van der Waals surface area contributed by atoms with Gasteiger partial charge in [0, 0.05) is 17.7 Å². The fraction of sp³-hybridized carbons (Fsp3) is 0.273. The summed E-state index contributed by atoms with van der Waals surface area (Å²) in [5.74, 6) is -1.59. The van der Waals surface area contributed by atoms with E-state index < -0.39 is 28.5 Å². The zero-order valence-electron chi connectivity index (χ0n) is 17.3. The maximum Gasteiger partial charge on any atom is 0.317 e. The van der Waals surface area contributed by atoms with E-state index in [4.69, 9.17) is 14.2 Å². The van der Waals surface area contributed by atoms with Gasteiger partial charge in [-0.15, -0.1) is 0 Å². The molecule has 0 fully saturated rings. The van der Waals surface area contributed by atoms with Crippen LogP contribution in [-0.4, -0.2) is 38.0 Å². The van der Waals surface area contributed by atoms with E-state index in [0.717, 1.165) is 5.56 Å². The molecular formula is C22H22N2O7. The molecule has 2 atom stereocenters. The Bertz CT molecular complexity index is 1030. The fourth-order valence-electron chi connectivity index (χ4n) is 3.60. The van der Waals surface area contributed by atoms with Crippen LogP contribution in [0.15, 0.2) is 54.2 Å². The first kappa shape index (κ1) is 21.8. The van der Waals surface area contributed by atoms with Crippen LogP contribution in [0.5, 0.6) is 11.5 Å². The lowest BCUT2D eigenvalue weighted by molar-refractivity contribution is -0.384. The predicted octanol–water partition coefficient (Wildman–Crippen LogP) is 3.45. The van der Waals surface area contributed by atoms with E-state index >= 15 is 0 Å². The third-order valence-corrected chi connectivity index (χ3v) is 5.16. The maximum absolute atomic E-state index is 12.8. The molecule has 0 aliphatic heterocycles. The van der Waals surface area contributed by atoms with Crippen molar-refractivity contribution in [3.8, 4) is 11.5 Å². The first-order chi connectivity index (χ1) is 14.9. The number of ether oxygens (including phenoxy) is 3. The van der Waals surface area contributed by atoms with Gasteiger partial charge in [0.2, 0.25) is 0 Å². The molecular weight excluding hydrogens is 404 g/mol. The Morgan fingerprint density at radius 3 is 2.29 bits per heavy atom. The van der Waals surface area contributed by atoms with Crippen molar-refractivity contribution in [3.63, 3.8) is 0 Å². The summed E-state index contributed by atoms with van der Waals surface area (Å²) in [6.45, 7) is 0. The Morgan fingerprint density at radius 1 is 1.06 bits per heavy atom. The quantitative estimate of drug-likeness (QED) is 0.310. The van der Waals surface area contributed by atoms with Crippen molar-refractivity contribution in [2.24, 2.45) is 5.92 Å². The van der Waals surface area contributed by atoms with Gasteiger partial charge in [-0.25, -0.2) is 0 Å². The summed E-state index contributed by atoms with van der Waals surface area (Å²) in [5.41, 5.74) is 1.24. The fourth-order valence-corrected chi connectivity index (χ4v) is 3.60. The molecule has 0 heterocycles. The second kappa shape index (κ2) is 9.29. The number of benzene rings is 2. The van der Waals surface area contributed by atoms with E-state index in [1.165, 1.54) is 32.4 Å². The number of hydrogen-bond donors (Lipinski definition) is 1. The lowest BCUT2D eigenvalue weighted by atomic mass is 9.76. The molecule has 0 bridgehead atoms. The summed E-state index contributed by atoms with van der Waals surface area (Å²) in [4.78, 5) is 36.1. The van der Waals surface area contributed by atoms with Crippen LogP contribution in [0.1, 0.15) is 17.9 Å². The smallest absolute Gasteiger partial charge is 0.317 e. The summed E-state index contributed by atoms with van der Waals surface area (Å²) in [6.07, 6.45) is 1.58. The van der Waals surface area contributed by atoms with Crippen molar-refractivity contribution in [2.75, 3.05) is 26.6 Å². The normalized spacial score (nSPS) is 18.0. The van der Waals surface area contributed by atoms with Gasteiger partial charge in [0.15, 0.2) is 5.78 Å². The summed E-state index contributed by atoms with van der Waals surface area (Å²) < 4.78 is 15.1. The van der Waals surface area contributed by atoms with Crippen LogP contribution in [0, 0.1) is 16.0 Å². The van der Waals surface area contributed by atoms with Crippen LogP contribution < -0.4 is 14.8 Å². The van der Waals surface area contributed by atoms with Gasteiger partial charge in [-0.3, -0.25) is 19.7 Å². The second-order valence-corrected chi connectivity index (χ2v) is 6.92. The Labute approximate surface area is 178 Å². The van der Waals surface area contributed by atoms with Gasteiger partial charge in [0.05, 0.1) is 32.3 Å². The Balaban J connectivity index is 1.96. The number of esters is 1. The molecule has 0 radical (unpaired) electrons. The standard InChI is InChI=1S/C22H22N2O7/c1-29-15-6-4-13(5-7-15)17-10-14(11-20(25)21(17)22(26)31-3)23-18-9-8-16(30-2)12-19(18)24(27)28/h4-9,11-12,17,21,23H,10H2,1-3H3/t17-,21-/m0/s1. The molecule has 1 aliphatic carbocycles. The largest absolute Gasteiger partial charge is 0.497 e. The van der Waals surface area contributed by atoms with Gasteiger partial charge < -0.3 is 19.5 Å². The molecule has 0 spiro atoms. The first-order valence-electron chi connectivity index (χ1n) is 9.43. The SMILES string of the molecule is COC(=O)[C@@H]1C(=O)C=C(Nc2ccc(OC)cc2[N+](=O)[O-])C[C@H]1c1ccc(OC)cc1. The second-order valence-electron chi connectivity index (χ2n) is 6.92. The highest BCUT2D eigenvalue weighted by Gasteiger charge is 2.39. The number of nitro groups is 1. The number of hydrogen-bond acceptors (Lipinski definition) is 8. The van der Waals surface area contributed by atoms with Crippen LogP contribution in [0.25, 0.3) is 0 Å². The monoisotopic (exact) mass is 426 g/mol. The highest BCUT2D eigenvalue weighted by molar-refractivity contribution is 6.07.